The van der Waals surface area contributed by atoms with Gasteiger partial charge in [0.2, 0.25) is 0 Å². The summed E-state index contributed by atoms with van der Waals surface area (Å²) < 4.78 is 11.1. The van der Waals surface area contributed by atoms with E-state index in [1.165, 1.54) is 11.3 Å². The van der Waals surface area contributed by atoms with Crippen molar-refractivity contribution in [3.8, 4) is 5.75 Å². The molecule has 1 aromatic heterocycles. The van der Waals surface area contributed by atoms with Crippen LogP contribution in [-0.4, -0.2) is 18.1 Å². The van der Waals surface area contributed by atoms with Gasteiger partial charge in [0.05, 0.1) is 23.6 Å². The monoisotopic (exact) mass is 360 g/mol. The summed E-state index contributed by atoms with van der Waals surface area (Å²) in [7, 11) is 1.64. The van der Waals surface area contributed by atoms with Crippen molar-refractivity contribution in [2.45, 2.75) is 39.2 Å². The number of anilines is 2. The Hall–Kier alpha value is -2.08. The number of para-hydroxylation sites is 2. The Morgan fingerprint density at radius 2 is 2.20 bits per heavy atom. The molecular formula is C19H24N2O3S. The van der Waals surface area contributed by atoms with Crippen LogP contribution >= 0.6 is 11.3 Å². The van der Waals surface area contributed by atoms with Crippen molar-refractivity contribution >= 4 is 28.1 Å². The van der Waals surface area contributed by atoms with Gasteiger partial charge in [-0.3, -0.25) is 4.79 Å². The molecule has 1 aliphatic heterocycles. The molecule has 1 N–H and O–H groups in total. The summed E-state index contributed by atoms with van der Waals surface area (Å²) in [5.41, 5.74) is 0.270. The minimum atomic E-state index is -0.588. The largest absolute Gasteiger partial charge is 0.495 e. The van der Waals surface area contributed by atoms with Crippen LogP contribution in [0.2, 0.25) is 0 Å². The van der Waals surface area contributed by atoms with Crippen molar-refractivity contribution in [1.82, 2.24) is 4.98 Å². The molecule has 2 atom stereocenters. The number of benzene rings is 1. The van der Waals surface area contributed by atoms with Crippen molar-refractivity contribution < 1.29 is 14.3 Å². The highest BCUT2D eigenvalue weighted by Crippen LogP contribution is 2.44. The number of esters is 1. The molecule has 2 heterocycles. The first-order valence-corrected chi connectivity index (χ1v) is 9.32. The second-order valence-corrected chi connectivity index (χ2v) is 8.07. The summed E-state index contributed by atoms with van der Waals surface area (Å²) in [6.45, 7) is 6.24. The number of nitrogens with one attached hydrogen (secondary N) is 1. The summed E-state index contributed by atoms with van der Waals surface area (Å²) in [4.78, 5) is 17.6. The first-order valence-electron chi connectivity index (χ1n) is 8.50. The van der Waals surface area contributed by atoms with E-state index in [1.807, 2.05) is 31.2 Å². The van der Waals surface area contributed by atoms with Crippen LogP contribution in [0.5, 0.6) is 5.75 Å². The number of cyclic esters (lactones) is 1. The predicted octanol–water partition coefficient (Wildman–Crippen LogP) is 4.72. The highest BCUT2D eigenvalue weighted by atomic mass is 32.1. The maximum atomic E-state index is 12.2. The van der Waals surface area contributed by atoms with Crippen LogP contribution in [0.1, 0.15) is 38.5 Å². The number of thiazole rings is 1. The highest BCUT2D eigenvalue weighted by Gasteiger charge is 2.45. The van der Waals surface area contributed by atoms with E-state index < -0.39 is 5.60 Å². The van der Waals surface area contributed by atoms with Gasteiger partial charge in [0.1, 0.15) is 11.4 Å². The van der Waals surface area contributed by atoms with Gasteiger partial charge in [-0.1, -0.05) is 37.3 Å². The summed E-state index contributed by atoms with van der Waals surface area (Å²) >= 11 is 1.51. The molecule has 0 bridgehead atoms. The number of aromatic nitrogens is 1. The van der Waals surface area contributed by atoms with Crippen LogP contribution in [-0.2, 0) is 15.1 Å². The molecule has 1 fully saturated rings. The molecular weight excluding hydrogens is 336 g/mol. The Morgan fingerprint density at radius 1 is 1.44 bits per heavy atom. The number of hydrogen-bond donors (Lipinski definition) is 1. The number of ether oxygens (including phenoxy) is 2. The smallest absolute Gasteiger partial charge is 0.310 e. The Bertz CT molecular complexity index is 759. The number of rotatable bonds is 6. The van der Waals surface area contributed by atoms with Crippen LogP contribution in [0, 0.1) is 11.8 Å². The maximum Gasteiger partial charge on any atom is 0.310 e. The Labute approximate surface area is 152 Å². The van der Waals surface area contributed by atoms with Crippen LogP contribution in [0.4, 0.5) is 10.8 Å². The van der Waals surface area contributed by atoms with E-state index in [9.17, 15) is 4.79 Å². The third-order valence-corrected chi connectivity index (χ3v) is 5.58. The van der Waals surface area contributed by atoms with Crippen LogP contribution < -0.4 is 10.1 Å². The number of nitrogens with zero attached hydrogens (tertiary/aromatic N) is 1. The first-order chi connectivity index (χ1) is 11.9. The lowest BCUT2D eigenvalue weighted by atomic mass is 9.89. The van der Waals surface area contributed by atoms with Crippen molar-refractivity contribution in [3.05, 3.63) is 35.3 Å². The third kappa shape index (κ3) is 3.79. The predicted molar refractivity (Wildman–Crippen MR) is 99.4 cm³/mol. The lowest BCUT2D eigenvalue weighted by molar-refractivity contribution is -0.150. The molecule has 0 amide bonds. The van der Waals surface area contributed by atoms with Gasteiger partial charge in [0.25, 0.3) is 0 Å². The molecule has 2 aromatic rings. The zero-order valence-corrected chi connectivity index (χ0v) is 15.9. The van der Waals surface area contributed by atoms with E-state index in [-0.39, 0.29) is 11.9 Å². The van der Waals surface area contributed by atoms with E-state index in [0.717, 1.165) is 27.9 Å². The molecule has 134 valence electrons. The van der Waals surface area contributed by atoms with E-state index in [4.69, 9.17) is 9.47 Å². The Balaban J connectivity index is 1.76. The molecule has 1 aliphatic rings. The quantitative estimate of drug-likeness (QED) is 0.755. The van der Waals surface area contributed by atoms with E-state index >= 15 is 0 Å². The molecule has 5 nitrogen and oxygen atoms in total. The fourth-order valence-electron chi connectivity index (χ4n) is 3.24. The fraction of sp³-hybridized carbons (Fsp3) is 0.474. The zero-order chi connectivity index (χ0) is 18.0. The van der Waals surface area contributed by atoms with Gasteiger partial charge in [-0.05, 0) is 31.4 Å². The van der Waals surface area contributed by atoms with Crippen molar-refractivity contribution in [3.63, 3.8) is 0 Å². The van der Waals surface area contributed by atoms with Crippen molar-refractivity contribution in [2.75, 3.05) is 12.4 Å². The SMILES string of the molecule is COc1ccccc1Nc1ncc([C@@]2(C)C[C@H](CC(C)C)C(=O)O2)s1. The molecule has 1 saturated heterocycles. The number of carbonyl (C=O) groups excluding carboxylic acids is 1. The molecule has 0 unspecified atom stereocenters. The maximum absolute atomic E-state index is 12.2. The second-order valence-electron chi connectivity index (χ2n) is 7.04. The Kier molecular flexibility index (Phi) is 4.99. The molecule has 0 aliphatic carbocycles. The van der Waals surface area contributed by atoms with E-state index in [2.05, 4.69) is 24.1 Å². The van der Waals surface area contributed by atoms with Crippen molar-refractivity contribution in [1.29, 1.82) is 0 Å². The van der Waals surface area contributed by atoms with Gasteiger partial charge in [-0.2, -0.15) is 0 Å². The average molecular weight is 360 g/mol. The summed E-state index contributed by atoms with van der Waals surface area (Å²) in [6, 6.07) is 7.70. The minimum absolute atomic E-state index is 0.0299. The fourth-order valence-corrected chi connectivity index (χ4v) is 4.16. The Morgan fingerprint density at radius 3 is 2.92 bits per heavy atom. The minimum Gasteiger partial charge on any atom is -0.495 e. The molecule has 1 aromatic carbocycles. The van der Waals surface area contributed by atoms with Gasteiger partial charge < -0.3 is 14.8 Å². The number of carbonyl (C=O) groups is 1. The molecule has 0 saturated carbocycles. The molecule has 6 heteroatoms. The average Bonchev–Trinajstić information content (AvgIpc) is 3.13. The topological polar surface area (TPSA) is 60.5 Å². The summed E-state index contributed by atoms with van der Waals surface area (Å²) in [5, 5.41) is 4.03. The van der Waals surface area contributed by atoms with Crippen LogP contribution in [0.15, 0.2) is 30.5 Å². The summed E-state index contributed by atoms with van der Waals surface area (Å²) in [6.07, 6.45) is 3.37. The van der Waals surface area contributed by atoms with Crippen LogP contribution in [0.25, 0.3) is 0 Å². The second kappa shape index (κ2) is 7.04. The third-order valence-electron chi connectivity index (χ3n) is 4.43. The van der Waals surface area contributed by atoms with Crippen molar-refractivity contribution in [2.24, 2.45) is 11.8 Å². The van der Waals surface area contributed by atoms with Gasteiger partial charge in [0, 0.05) is 12.6 Å². The standard InChI is InChI=1S/C19H24N2O3S/c1-12(2)9-13-10-19(3,24-17(13)22)16-11-20-18(25-16)21-14-7-5-6-8-15(14)23-4/h5-8,11-13H,9-10H2,1-4H3,(H,20,21)/t13-,19+/m0/s1. The lowest BCUT2D eigenvalue weighted by Gasteiger charge is -2.20. The number of hydrogen-bond acceptors (Lipinski definition) is 6. The molecule has 3 rings (SSSR count). The van der Waals surface area contributed by atoms with Gasteiger partial charge in [-0.15, -0.1) is 0 Å². The van der Waals surface area contributed by atoms with Gasteiger partial charge >= 0.3 is 5.97 Å². The first kappa shape index (κ1) is 17.7. The normalized spacial score (nSPS) is 22.9. The molecule has 0 spiro atoms. The van der Waals surface area contributed by atoms with Gasteiger partial charge in [0.15, 0.2) is 5.13 Å². The molecule has 25 heavy (non-hydrogen) atoms. The van der Waals surface area contributed by atoms with Gasteiger partial charge in [-0.25, -0.2) is 4.98 Å². The van der Waals surface area contributed by atoms with E-state index in [0.29, 0.717) is 12.3 Å². The van der Waals surface area contributed by atoms with E-state index in [1.54, 1.807) is 13.3 Å². The highest BCUT2D eigenvalue weighted by molar-refractivity contribution is 7.15. The lowest BCUT2D eigenvalue weighted by Crippen LogP contribution is -2.19. The van der Waals surface area contributed by atoms with Crippen LogP contribution in [0.3, 0.4) is 0 Å². The summed E-state index contributed by atoms with van der Waals surface area (Å²) in [5.74, 6) is 1.11. The molecule has 0 radical (unpaired) electrons. The zero-order valence-electron chi connectivity index (χ0n) is 15.0. The number of methoxy groups -OCH3 is 1.